The second kappa shape index (κ2) is 9.18. The number of aromatic nitrogens is 4. The molecular weight excluding hydrogens is 372 g/mol. The quantitative estimate of drug-likeness (QED) is 0.467. The number of allylic oxidation sites excluding steroid dienone is 1. The SMILES string of the molecule is C=CCn1c(SCC(=O)Nc2ccc(N(C)C)cc2)nnc1-c1cccnc1. The van der Waals surface area contributed by atoms with Crippen LogP contribution in [0.3, 0.4) is 0 Å². The Labute approximate surface area is 168 Å². The van der Waals surface area contributed by atoms with Crippen LogP contribution < -0.4 is 10.2 Å². The van der Waals surface area contributed by atoms with E-state index >= 15 is 0 Å². The molecule has 144 valence electrons. The molecule has 0 unspecified atom stereocenters. The minimum Gasteiger partial charge on any atom is -0.378 e. The van der Waals surface area contributed by atoms with Crippen molar-refractivity contribution >= 4 is 29.0 Å². The Hall–Kier alpha value is -3.13. The fourth-order valence-corrected chi connectivity index (χ4v) is 3.32. The second-order valence-corrected chi connectivity index (χ2v) is 7.17. The van der Waals surface area contributed by atoms with Gasteiger partial charge in [-0.05, 0) is 36.4 Å². The molecule has 0 saturated heterocycles. The fourth-order valence-electron chi connectivity index (χ4n) is 2.57. The van der Waals surface area contributed by atoms with Crippen molar-refractivity contribution in [3.8, 4) is 11.4 Å². The number of benzene rings is 1. The summed E-state index contributed by atoms with van der Waals surface area (Å²) in [5.74, 6) is 0.839. The molecule has 1 aromatic carbocycles. The van der Waals surface area contributed by atoms with Gasteiger partial charge in [0.05, 0.1) is 5.75 Å². The van der Waals surface area contributed by atoms with Gasteiger partial charge < -0.3 is 10.2 Å². The van der Waals surface area contributed by atoms with E-state index in [1.54, 1.807) is 18.5 Å². The molecule has 0 bridgehead atoms. The highest BCUT2D eigenvalue weighted by atomic mass is 32.2. The van der Waals surface area contributed by atoms with Gasteiger partial charge in [-0.1, -0.05) is 17.8 Å². The fraction of sp³-hybridized carbons (Fsp3) is 0.200. The lowest BCUT2D eigenvalue weighted by Crippen LogP contribution is -2.15. The Balaban J connectivity index is 1.66. The van der Waals surface area contributed by atoms with E-state index in [1.165, 1.54) is 11.8 Å². The maximum atomic E-state index is 12.3. The molecule has 0 aliphatic rings. The first-order chi connectivity index (χ1) is 13.6. The molecule has 1 amide bonds. The molecule has 0 fully saturated rings. The molecule has 28 heavy (non-hydrogen) atoms. The zero-order valence-electron chi connectivity index (χ0n) is 15.9. The first-order valence-corrected chi connectivity index (χ1v) is 9.71. The Bertz CT molecular complexity index is 937. The normalized spacial score (nSPS) is 10.5. The van der Waals surface area contributed by atoms with Gasteiger partial charge in [-0.15, -0.1) is 16.8 Å². The number of carbonyl (C=O) groups is 1. The van der Waals surface area contributed by atoms with E-state index in [0.717, 1.165) is 16.9 Å². The van der Waals surface area contributed by atoms with Gasteiger partial charge in [0.25, 0.3) is 0 Å². The molecule has 0 atom stereocenters. The largest absolute Gasteiger partial charge is 0.378 e. The lowest BCUT2D eigenvalue weighted by atomic mass is 10.2. The maximum Gasteiger partial charge on any atom is 0.234 e. The lowest BCUT2D eigenvalue weighted by Gasteiger charge is -2.13. The Morgan fingerprint density at radius 2 is 2.04 bits per heavy atom. The minimum absolute atomic E-state index is 0.0984. The lowest BCUT2D eigenvalue weighted by molar-refractivity contribution is -0.113. The highest BCUT2D eigenvalue weighted by Crippen LogP contribution is 2.24. The predicted octanol–water partition coefficient (Wildman–Crippen LogP) is 3.32. The Morgan fingerprint density at radius 3 is 2.68 bits per heavy atom. The van der Waals surface area contributed by atoms with Crippen LogP contribution in [0.15, 0.2) is 66.6 Å². The van der Waals surface area contributed by atoms with Crippen LogP contribution in [0, 0.1) is 0 Å². The first kappa shape index (κ1) is 19.6. The van der Waals surface area contributed by atoms with Crippen LogP contribution >= 0.6 is 11.8 Å². The highest BCUT2D eigenvalue weighted by Gasteiger charge is 2.15. The molecule has 3 rings (SSSR count). The molecular formula is C20H22N6OS. The highest BCUT2D eigenvalue weighted by molar-refractivity contribution is 7.99. The number of amides is 1. The van der Waals surface area contributed by atoms with Crippen molar-refractivity contribution in [3.63, 3.8) is 0 Å². The van der Waals surface area contributed by atoms with E-state index in [4.69, 9.17) is 0 Å². The summed E-state index contributed by atoms with van der Waals surface area (Å²) >= 11 is 1.34. The predicted molar refractivity (Wildman–Crippen MR) is 114 cm³/mol. The average molecular weight is 395 g/mol. The third-order valence-electron chi connectivity index (χ3n) is 3.95. The number of pyridine rings is 1. The third kappa shape index (κ3) is 4.77. The summed E-state index contributed by atoms with van der Waals surface area (Å²) in [7, 11) is 3.95. The van der Waals surface area contributed by atoms with Gasteiger partial charge in [-0.2, -0.15) is 0 Å². The number of carbonyl (C=O) groups excluding carboxylic acids is 1. The summed E-state index contributed by atoms with van der Waals surface area (Å²) in [6.07, 6.45) is 5.23. The van der Waals surface area contributed by atoms with Crippen LogP contribution in [0.4, 0.5) is 11.4 Å². The molecule has 0 saturated carbocycles. The summed E-state index contributed by atoms with van der Waals surface area (Å²) in [5, 5.41) is 12.1. The van der Waals surface area contributed by atoms with Gasteiger partial charge in [0.1, 0.15) is 0 Å². The zero-order chi connectivity index (χ0) is 19.9. The van der Waals surface area contributed by atoms with E-state index in [9.17, 15) is 4.79 Å². The smallest absolute Gasteiger partial charge is 0.234 e. The number of anilines is 2. The van der Waals surface area contributed by atoms with Gasteiger partial charge in [-0.3, -0.25) is 14.3 Å². The number of hydrogen-bond donors (Lipinski definition) is 1. The maximum absolute atomic E-state index is 12.3. The van der Waals surface area contributed by atoms with E-state index in [0.29, 0.717) is 17.5 Å². The summed E-state index contributed by atoms with van der Waals surface area (Å²) in [4.78, 5) is 18.5. The molecule has 2 aromatic heterocycles. The first-order valence-electron chi connectivity index (χ1n) is 8.73. The van der Waals surface area contributed by atoms with Crippen molar-refractivity contribution in [2.45, 2.75) is 11.7 Å². The molecule has 3 aromatic rings. The summed E-state index contributed by atoms with van der Waals surface area (Å²) in [6.45, 7) is 4.35. The number of nitrogens with one attached hydrogen (secondary N) is 1. The van der Waals surface area contributed by atoms with Crippen LogP contribution in [0.25, 0.3) is 11.4 Å². The van der Waals surface area contributed by atoms with Gasteiger partial charge in [0, 0.05) is 50.0 Å². The van der Waals surface area contributed by atoms with Crippen molar-refractivity contribution in [1.82, 2.24) is 19.7 Å². The summed E-state index contributed by atoms with van der Waals surface area (Å²) < 4.78 is 1.92. The molecule has 1 N–H and O–H groups in total. The van der Waals surface area contributed by atoms with Gasteiger partial charge in [0.15, 0.2) is 11.0 Å². The average Bonchev–Trinajstić information content (AvgIpc) is 3.10. The van der Waals surface area contributed by atoms with Crippen LogP contribution in [-0.2, 0) is 11.3 Å². The Kier molecular flexibility index (Phi) is 6.44. The Morgan fingerprint density at radius 1 is 1.25 bits per heavy atom. The van der Waals surface area contributed by atoms with E-state index in [2.05, 4.69) is 27.1 Å². The number of thioether (sulfide) groups is 1. The van der Waals surface area contributed by atoms with Crippen LogP contribution in [0.1, 0.15) is 0 Å². The van der Waals surface area contributed by atoms with E-state index in [1.807, 2.05) is 60.0 Å². The monoisotopic (exact) mass is 394 g/mol. The number of hydrogen-bond acceptors (Lipinski definition) is 6. The summed E-state index contributed by atoms with van der Waals surface area (Å²) in [5.41, 5.74) is 2.71. The zero-order valence-corrected chi connectivity index (χ0v) is 16.7. The third-order valence-corrected chi connectivity index (χ3v) is 4.91. The van der Waals surface area contributed by atoms with Crippen molar-refractivity contribution in [2.24, 2.45) is 0 Å². The second-order valence-electron chi connectivity index (χ2n) is 6.23. The van der Waals surface area contributed by atoms with Crippen LogP contribution in [0.2, 0.25) is 0 Å². The van der Waals surface area contributed by atoms with Crippen LogP contribution in [-0.4, -0.2) is 45.5 Å². The van der Waals surface area contributed by atoms with E-state index < -0.39 is 0 Å². The number of nitrogens with zero attached hydrogens (tertiary/aromatic N) is 5. The van der Waals surface area contributed by atoms with Gasteiger partial charge in [-0.25, -0.2) is 0 Å². The molecule has 8 heteroatoms. The molecule has 0 spiro atoms. The molecule has 0 aliphatic heterocycles. The standard InChI is InChI=1S/C20H22N6OS/c1-4-12-26-19(15-6-5-11-21-13-15)23-24-20(26)28-14-18(27)22-16-7-9-17(10-8-16)25(2)3/h4-11,13H,1,12,14H2,2-3H3,(H,22,27). The van der Waals surface area contributed by atoms with Crippen molar-refractivity contribution in [1.29, 1.82) is 0 Å². The molecule has 2 heterocycles. The van der Waals surface area contributed by atoms with E-state index in [-0.39, 0.29) is 11.7 Å². The van der Waals surface area contributed by atoms with Crippen molar-refractivity contribution < 1.29 is 4.79 Å². The van der Waals surface area contributed by atoms with Gasteiger partial charge >= 0.3 is 0 Å². The molecule has 0 radical (unpaired) electrons. The topological polar surface area (TPSA) is 75.9 Å². The summed E-state index contributed by atoms with van der Waals surface area (Å²) in [6, 6.07) is 11.5. The minimum atomic E-state index is -0.0984. The van der Waals surface area contributed by atoms with Gasteiger partial charge in [0.2, 0.25) is 5.91 Å². The van der Waals surface area contributed by atoms with Crippen molar-refractivity contribution in [3.05, 3.63) is 61.4 Å². The number of rotatable bonds is 8. The molecule has 7 nitrogen and oxygen atoms in total. The van der Waals surface area contributed by atoms with Crippen molar-refractivity contribution in [2.75, 3.05) is 30.1 Å². The molecule has 0 aliphatic carbocycles. The van der Waals surface area contributed by atoms with Crippen LogP contribution in [0.5, 0.6) is 0 Å².